The van der Waals surface area contributed by atoms with Gasteiger partial charge in [-0.05, 0) is 49.8 Å². The molecule has 0 aromatic heterocycles. The molecule has 3 heteroatoms. The topological polar surface area (TPSA) is 32.3 Å². The van der Waals surface area contributed by atoms with Crippen molar-refractivity contribution in [3.8, 4) is 0 Å². The van der Waals surface area contributed by atoms with Crippen LogP contribution in [0.15, 0.2) is 24.3 Å². The van der Waals surface area contributed by atoms with Gasteiger partial charge in [-0.25, -0.2) is 4.39 Å². The van der Waals surface area contributed by atoms with E-state index < -0.39 is 0 Å². The summed E-state index contributed by atoms with van der Waals surface area (Å²) >= 11 is 0. The second-order valence-electron chi connectivity index (χ2n) is 5.76. The lowest BCUT2D eigenvalue weighted by atomic mass is 9.86. The summed E-state index contributed by atoms with van der Waals surface area (Å²) in [6.45, 7) is 2.97. The molecular formula is C16H24FNO. The number of hydrogen-bond acceptors (Lipinski definition) is 2. The third-order valence-electron chi connectivity index (χ3n) is 4.03. The van der Waals surface area contributed by atoms with Crippen LogP contribution in [-0.4, -0.2) is 23.8 Å². The van der Waals surface area contributed by atoms with Crippen LogP contribution in [-0.2, 0) is 6.42 Å². The number of rotatable bonds is 5. The quantitative estimate of drug-likeness (QED) is 0.858. The molecule has 1 aromatic rings. The van der Waals surface area contributed by atoms with Gasteiger partial charge < -0.3 is 10.4 Å². The maximum Gasteiger partial charge on any atom is 0.123 e. The minimum atomic E-state index is -0.174. The largest absolute Gasteiger partial charge is 0.393 e. The van der Waals surface area contributed by atoms with E-state index in [2.05, 4.69) is 12.2 Å². The molecule has 0 saturated heterocycles. The Bertz CT molecular complexity index is 396. The van der Waals surface area contributed by atoms with Crippen LogP contribution in [0.5, 0.6) is 0 Å². The van der Waals surface area contributed by atoms with E-state index in [9.17, 15) is 9.50 Å². The molecule has 1 saturated carbocycles. The van der Waals surface area contributed by atoms with E-state index in [4.69, 9.17) is 0 Å². The van der Waals surface area contributed by atoms with Crippen LogP contribution in [0.4, 0.5) is 4.39 Å². The second-order valence-corrected chi connectivity index (χ2v) is 5.76. The van der Waals surface area contributed by atoms with Crippen LogP contribution in [0.3, 0.4) is 0 Å². The highest BCUT2D eigenvalue weighted by Crippen LogP contribution is 2.23. The average Bonchev–Trinajstić information content (AvgIpc) is 2.38. The highest BCUT2D eigenvalue weighted by molar-refractivity contribution is 5.17. The van der Waals surface area contributed by atoms with E-state index in [1.54, 1.807) is 12.1 Å². The predicted molar refractivity (Wildman–Crippen MR) is 75.5 cm³/mol. The molecule has 19 heavy (non-hydrogen) atoms. The lowest BCUT2D eigenvalue weighted by Gasteiger charge is -2.29. The van der Waals surface area contributed by atoms with Crippen molar-refractivity contribution in [2.75, 3.05) is 6.54 Å². The minimum Gasteiger partial charge on any atom is -0.393 e. The van der Waals surface area contributed by atoms with Gasteiger partial charge in [0, 0.05) is 12.6 Å². The van der Waals surface area contributed by atoms with Crippen LogP contribution >= 0.6 is 0 Å². The highest BCUT2D eigenvalue weighted by Gasteiger charge is 2.22. The van der Waals surface area contributed by atoms with Crippen molar-refractivity contribution in [2.45, 2.75) is 51.2 Å². The zero-order valence-electron chi connectivity index (χ0n) is 11.6. The molecule has 1 aromatic carbocycles. The van der Waals surface area contributed by atoms with Gasteiger partial charge in [-0.3, -0.25) is 0 Å². The first-order valence-corrected chi connectivity index (χ1v) is 7.31. The first-order valence-electron chi connectivity index (χ1n) is 7.31. The van der Waals surface area contributed by atoms with Crippen molar-refractivity contribution in [1.82, 2.24) is 5.32 Å². The van der Waals surface area contributed by atoms with E-state index >= 15 is 0 Å². The number of benzene rings is 1. The smallest absolute Gasteiger partial charge is 0.123 e. The number of halogens is 1. The number of aliphatic hydroxyl groups is 1. The Morgan fingerprint density at radius 2 is 2.16 bits per heavy atom. The first kappa shape index (κ1) is 14.5. The van der Waals surface area contributed by atoms with E-state index in [-0.39, 0.29) is 11.9 Å². The van der Waals surface area contributed by atoms with Gasteiger partial charge in [-0.1, -0.05) is 25.0 Å². The first-order chi connectivity index (χ1) is 9.15. The third-order valence-corrected chi connectivity index (χ3v) is 4.03. The molecule has 3 atom stereocenters. The van der Waals surface area contributed by atoms with Gasteiger partial charge in [-0.15, -0.1) is 0 Å². The van der Waals surface area contributed by atoms with Crippen LogP contribution in [0, 0.1) is 11.7 Å². The summed E-state index contributed by atoms with van der Waals surface area (Å²) in [5.74, 6) is 0.205. The molecule has 0 bridgehead atoms. The highest BCUT2D eigenvalue weighted by atomic mass is 19.1. The van der Waals surface area contributed by atoms with Crippen LogP contribution < -0.4 is 5.32 Å². The molecule has 2 N–H and O–H groups in total. The summed E-state index contributed by atoms with van der Waals surface area (Å²) in [4.78, 5) is 0. The molecule has 106 valence electrons. The van der Waals surface area contributed by atoms with E-state index in [0.29, 0.717) is 12.0 Å². The zero-order valence-corrected chi connectivity index (χ0v) is 11.6. The lowest BCUT2D eigenvalue weighted by Crippen LogP contribution is -2.38. The molecule has 3 unspecified atom stereocenters. The maximum absolute atomic E-state index is 13.1. The molecule has 1 fully saturated rings. The molecule has 0 amide bonds. The lowest BCUT2D eigenvalue weighted by molar-refractivity contribution is 0.0684. The second kappa shape index (κ2) is 7.01. The number of nitrogens with one attached hydrogen (secondary N) is 1. The van der Waals surface area contributed by atoms with Crippen molar-refractivity contribution in [2.24, 2.45) is 5.92 Å². The summed E-state index contributed by atoms with van der Waals surface area (Å²) in [6.07, 6.45) is 5.09. The van der Waals surface area contributed by atoms with Crippen LogP contribution in [0.25, 0.3) is 0 Å². The molecule has 2 rings (SSSR count). The fourth-order valence-electron chi connectivity index (χ4n) is 2.87. The monoisotopic (exact) mass is 265 g/mol. The van der Waals surface area contributed by atoms with Crippen molar-refractivity contribution in [1.29, 1.82) is 0 Å². The summed E-state index contributed by atoms with van der Waals surface area (Å²) in [5.41, 5.74) is 1.02. The van der Waals surface area contributed by atoms with E-state index in [0.717, 1.165) is 37.8 Å². The van der Waals surface area contributed by atoms with Gasteiger partial charge in [0.05, 0.1) is 6.10 Å². The van der Waals surface area contributed by atoms with Crippen molar-refractivity contribution in [3.63, 3.8) is 0 Å². The zero-order chi connectivity index (χ0) is 13.7. The molecule has 0 radical (unpaired) electrons. The standard InChI is InChI=1S/C16H24FNO/c1-12(9-13-5-4-7-15(17)10-13)18-11-14-6-2-3-8-16(14)19/h4-5,7,10,12,14,16,18-19H,2-3,6,8-9,11H2,1H3. The fourth-order valence-corrected chi connectivity index (χ4v) is 2.87. The Hall–Kier alpha value is -0.930. The summed E-state index contributed by atoms with van der Waals surface area (Å²) in [6, 6.07) is 7.07. The molecular weight excluding hydrogens is 241 g/mol. The number of hydrogen-bond donors (Lipinski definition) is 2. The Kier molecular flexibility index (Phi) is 5.34. The minimum absolute atomic E-state index is 0.150. The van der Waals surface area contributed by atoms with Crippen molar-refractivity contribution in [3.05, 3.63) is 35.6 Å². The van der Waals surface area contributed by atoms with Gasteiger partial charge in [0.25, 0.3) is 0 Å². The Labute approximate surface area is 115 Å². The summed E-state index contributed by atoms with van der Waals surface area (Å²) in [7, 11) is 0. The number of aliphatic hydroxyl groups excluding tert-OH is 1. The van der Waals surface area contributed by atoms with E-state index in [1.807, 2.05) is 6.07 Å². The average molecular weight is 265 g/mol. The summed E-state index contributed by atoms with van der Waals surface area (Å²) < 4.78 is 13.1. The Morgan fingerprint density at radius 3 is 2.89 bits per heavy atom. The van der Waals surface area contributed by atoms with Gasteiger partial charge in [0.15, 0.2) is 0 Å². The summed E-state index contributed by atoms with van der Waals surface area (Å²) in [5, 5.41) is 13.4. The van der Waals surface area contributed by atoms with Gasteiger partial charge in [0.2, 0.25) is 0 Å². The maximum atomic E-state index is 13.1. The Balaban J connectivity index is 1.76. The molecule has 1 aliphatic carbocycles. The molecule has 0 spiro atoms. The molecule has 2 nitrogen and oxygen atoms in total. The third kappa shape index (κ3) is 4.59. The van der Waals surface area contributed by atoms with Crippen LogP contribution in [0.2, 0.25) is 0 Å². The van der Waals surface area contributed by atoms with E-state index in [1.165, 1.54) is 12.5 Å². The van der Waals surface area contributed by atoms with Crippen molar-refractivity contribution >= 4 is 0 Å². The van der Waals surface area contributed by atoms with Crippen molar-refractivity contribution < 1.29 is 9.50 Å². The van der Waals surface area contributed by atoms with Gasteiger partial charge in [-0.2, -0.15) is 0 Å². The van der Waals surface area contributed by atoms with Crippen LogP contribution in [0.1, 0.15) is 38.2 Å². The molecule has 1 aliphatic rings. The molecule has 0 aliphatic heterocycles. The predicted octanol–water partition coefficient (Wildman–Crippen LogP) is 2.90. The molecule has 0 heterocycles. The normalized spacial score (nSPS) is 25.2. The van der Waals surface area contributed by atoms with Gasteiger partial charge in [0.1, 0.15) is 5.82 Å². The van der Waals surface area contributed by atoms with Gasteiger partial charge >= 0.3 is 0 Å². The fraction of sp³-hybridized carbons (Fsp3) is 0.625. The SMILES string of the molecule is CC(Cc1cccc(F)c1)NCC1CCCCC1O. The Morgan fingerprint density at radius 1 is 1.37 bits per heavy atom.